The molecule has 0 aliphatic carbocycles. The van der Waals surface area contributed by atoms with Gasteiger partial charge in [-0.25, -0.2) is 14.4 Å². The van der Waals surface area contributed by atoms with E-state index in [0.29, 0.717) is 18.9 Å². The third kappa shape index (κ3) is 4.62. The highest BCUT2D eigenvalue weighted by Crippen LogP contribution is 2.19. The minimum absolute atomic E-state index is 0.0373. The Kier molecular flexibility index (Phi) is 5.99. The molecule has 3 heterocycles. The molecule has 4 rings (SSSR count). The van der Waals surface area contributed by atoms with E-state index in [1.807, 2.05) is 13.0 Å². The van der Waals surface area contributed by atoms with Crippen LogP contribution >= 0.6 is 0 Å². The summed E-state index contributed by atoms with van der Waals surface area (Å²) in [5.74, 6) is 0.965. The molecular formula is C21H24FN7O. The normalized spacial score (nSPS) is 17.5. The van der Waals surface area contributed by atoms with Gasteiger partial charge in [0.2, 0.25) is 11.9 Å². The number of anilines is 1. The van der Waals surface area contributed by atoms with Gasteiger partial charge in [0, 0.05) is 44.6 Å². The Hall–Kier alpha value is -3.33. The molecule has 1 aliphatic rings. The van der Waals surface area contributed by atoms with Crippen LogP contribution in [0.5, 0.6) is 0 Å². The number of piperazine rings is 1. The maximum atomic E-state index is 13.1. The molecule has 1 aromatic carbocycles. The third-order valence-corrected chi connectivity index (χ3v) is 5.18. The second-order valence-electron chi connectivity index (χ2n) is 7.28. The summed E-state index contributed by atoms with van der Waals surface area (Å²) in [5, 5.41) is 6.36. The number of imidazole rings is 1. The second-order valence-corrected chi connectivity index (χ2v) is 7.28. The van der Waals surface area contributed by atoms with Gasteiger partial charge in [-0.05, 0) is 30.7 Å². The first-order chi connectivity index (χ1) is 14.6. The number of nitrogens with one attached hydrogen (secondary N) is 2. The standard InChI is InChI=1S/C21H24FN7O/c1-15(16-2-4-17(22)5-3-16)26-20(30)12-18-13-23-9-11-29(18)19-6-7-25-21(27-19)28-10-8-24-14-28/h2-8,10,14-15,18,23H,9,11-13H2,1H3,(H,26,30). The van der Waals surface area contributed by atoms with Crippen molar-refractivity contribution in [2.45, 2.75) is 25.4 Å². The average molecular weight is 409 g/mol. The van der Waals surface area contributed by atoms with Crippen LogP contribution in [0.1, 0.15) is 24.9 Å². The fourth-order valence-electron chi connectivity index (χ4n) is 3.60. The Balaban J connectivity index is 1.44. The molecule has 1 saturated heterocycles. The summed E-state index contributed by atoms with van der Waals surface area (Å²) in [5.41, 5.74) is 0.865. The number of rotatable bonds is 6. The summed E-state index contributed by atoms with van der Waals surface area (Å²) in [6, 6.07) is 7.80. The summed E-state index contributed by atoms with van der Waals surface area (Å²) in [7, 11) is 0. The molecule has 1 fully saturated rings. The molecule has 2 aromatic heterocycles. The van der Waals surface area contributed by atoms with Gasteiger partial charge in [-0.15, -0.1) is 0 Å². The Morgan fingerprint density at radius 1 is 1.30 bits per heavy atom. The fraction of sp³-hybridized carbons (Fsp3) is 0.333. The van der Waals surface area contributed by atoms with Crippen LogP contribution in [0, 0.1) is 5.82 Å². The van der Waals surface area contributed by atoms with E-state index < -0.39 is 0 Å². The van der Waals surface area contributed by atoms with E-state index in [1.165, 1.54) is 12.1 Å². The van der Waals surface area contributed by atoms with Crippen LogP contribution in [0.25, 0.3) is 5.95 Å². The summed E-state index contributed by atoms with van der Waals surface area (Å²) in [6.07, 6.45) is 7.16. The number of amides is 1. The third-order valence-electron chi connectivity index (χ3n) is 5.18. The molecule has 0 bridgehead atoms. The van der Waals surface area contributed by atoms with E-state index in [0.717, 1.165) is 24.5 Å². The van der Waals surface area contributed by atoms with Gasteiger partial charge in [-0.3, -0.25) is 9.36 Å². The van der Waals surface area contributed by atoms with Crippen LogP contribution in [0.15, 0.2) is 55.2 Å². The van der Waals surface area contributed by atoms with Crippen molar-refractivity contribution in [2.75, 3.05) is 24.5 Å². The van der Waals surface area contributed by atoms with Crippen molar-refractivity contribution >= 4 is 11.7 Å². The summed E-state index contributed by atoms with van der Waals surface area (Å²) in [6.45, 7) is 4.13. The van der Waals surface area contributed by atoms with E-state index in [4.69, 9.17) is 0 Å². The molecule has 156 valence electrons. The molecule has 0 radical (unpaired) electrons. The zero-order valence-electron chi connectivity index (χ0n) is 16.7. The zero-order valence-corrected chi connectivity index (χ0v) is 16.7. The smallest absolute Gasteiger partial charge is 0.236 e. The highest BCUT2D eigenvalue weighted by Gasteiger charge is 2.26. The van der Waals surface area contributed by atoms with Crippen LogP contribution in [0.2, 0.25) is 0 Å². The molecule has 8 nitrogen and oxygen atoms in total. The molecule has 30 heavy (non-hydrogen) atoms. The Morgan fingerprint density at radius 3 is 2.90 bits per heavy atom. The van der Waals surface area contributed by atoms with Gasteiger partial charge in [0.1, 0.15) is 18.0 Å². The molecule has 2 atom stereocenters. The molecule has 9 heteroatoms. The first-order valence-corrected chi connectivity index (χ1v) is 9.94. The van der Waals surface area contributed by atoms with Gasteiger partial charge in [-0.2, -0.15) is 4.98 Å². The Labute approximate surface area is 174 Å². The van der Waals surface area contributed by atoms with Crippen LogP contribution in [0.4, 0.5) is 10.2 Å². The number of carbonyl (C=O) groups excluding carboxylic acids is 1. The molecule has 1 amide bonds. The van der Waals surface area contributed by atoms with Gasteiger partial charge in [0.05, 0.1) is 12.1 Å². The number of aromatic nitrogens is 4. The van der Waals surface area contributed by atoms with E-state index in [9.17, 15) is 9.18 Å². The van der Waals surface area contributed by atoms with Crippen molar-refractivity contribution in [1.29, 1.82) is 0 Å². The summed E-state index contributed by atoms with van der Waals surface area (Å²) >= 11 is 0. The topological polar surface area (TPSA) is 88.0 Å². The summed E-state index contributed by atoms with van der Waals surface area (Å²) in [4.78, 5) is 27.8. The molecule has 1 aliphatic heterocycles. The number of nitrogens with zero attached hydrogens (tertiary/aromatic N) is 5. The fourth-order valence-corrected chi connectivity index (χ4v) is 3.60. The van der Waals surface area contributed by atoms with E-state index in [1.54, 1.807) is 41.6 Å². The first-order valence-electron chi connectivity index (χ1n) is 9.94. The van der Waals surface area contributed by atoms with Crippen molar-refractivity contribution in [3.05, 3.63) is 66.6 Å². The van der Waals surface area contributed by atoms with Gasteiger partial charge < -0.3 is 15.5 Å². The molecule has 0 spiro atoms. The highest BCUT2D eigenvalue weighted by atomic mass is 19.1. The number of carbonyl (C=O) groups is 1. The lowest BCUT2D eigenvalue weighted by Crippen LogP contribution is -2.53. The molecule has 2 N–H and O–H groups in total. The predicted octanol–water partition coefficient (Wildman–Crippen LogP) is 1.85. The Morgan fingerprint density at radius 2 is 2.13 bits per heavy atom. The van der Waals surface area contributed by atoms with E-state index in [-0.39, 0.29) is 23.8 Å². The van der Waals surface area contributed by atoms with Crippen LogP contribution in [-0.2, 0) is 4.79 Å². The lowest BCUT2D eigenvalue weighted by molar-refractivity contribution is -0.122. The van der Waals surface area contributed by atoms with Gasteiger partial charge in [0.25, 0.3) is 0 Å². The quantitative estimate of drug-likeness (QED) is 0.646. The summed E-state index contributed by atoms with van der Waals surface area (Å²) < 4.78 is 14.9. The molecular weight excluding hydrogens is 385 g/mol. The minimum Gasteiger partial charge on any atom is -0.350 e. The lowest BCUT2D eigenvalue weighted by atomic mass is 10.1. The zero-order chi connectivity index (χ0) is 20.9. The maximum Gasteiger partial charge on any atom is 0.236 e. The number of hydrogen-bond donors (Lipinski definition) is 2. The maximum absolute atomic E-state index is 13.1. The van der Waals surface area contributed by atoms with Crippen molar-refractivity contribution in [3.63, 3.8) is 0 Å². The first kappa shape index (κ1) is 20.0. The minimum atomic E-state index is -0.291. The number of hydrogen-bond acceptors (Lipinski definition) is 6. The van der Waals surface area contributed by atoms with Crippen molar-refractivity contribution in [3.8, 4) is 5.95 Å². The monoisotopic (exact) mass is 409 g/mol. The Bertz CT molecular complexity index is 977. The predicted molar refractivity (Wildman–Crippen MR) is 111 cm³/mol. The van der Waals surface area contributed by atoms with E-state index in [2.05, 4.69) is 30.5 Å². The van der Waals surface area contributed by atoms with Crippen LogP contribution in [0.3, 0.4) is 0 Å². The molecule has 3 aromatic rings. The van der Waals surface area contributed by atoms with Crippen LogP contribution < -0.4 is 15.5 Å². The van der Waals surface area contributed by atoms with Gasteiger partial charge in [0.15, 0.2) is 0 Å². The lowest BCUT2D eigenvalue weighted by Gasteiger charge is -2.37. The largest absolute Gasteiger partial charge is 0.350 e. The average Bonchev–Trinajstić information content (AvgIpc) is 3.30. The van der Waals surface area contributed by atoms with Gasteiger partial charge in [-0.1, -0.05) is 12.1 Å². The second kappa shape index (κ2) is 9.00. The molecule has 2 unspecified atom stereocenters. The van der Waals surface area contributed by atoms with Crippen LogP contribution in [-0.4, -0.2) is 51.1 Å². The van der Waals surface area contributed by atoms with Crippen molar-refractivity contribution in [1.82, 2.24) is 30.2 Å². The number of benzene rings is 1. The van der Waals surface area contributed by atoms with E-state index >= 15 is 0 Å². The molecule has 0 saturated carbocycles. The van der Waals surface area contributed by atoms with Crippen molar-refractivity contribution in [2.24, 2.45) is 0 Å². The van der Waals surface area contributed by atoms with Gasteiger partial charge >= 0.3 is 0 Å². The highest BCUT2D eigenvalue weighted by molar-refractivity contribution is 5.77. The SMILES string of the molecule is CC(NC(=O)CC1CNCCN1c1ccnc(-n2ccnc2)n1)c1ccc(F)cc1. The number of halogens is 1. The van der Waals surface area contributed by atoms with Crippen molar-refractivity contribution < 1.29 is 9.18 Å².